The zero-order chi connectivity index (χ0) is 103. The number of aliphatic hydroxyl groups is 3. The number of hydrogen-bond donors (Lipinski definition) is 8. The van der Waals surface area contributed by atoms with E-state index in [1.54, 1.807) is 46.2 Å². The Balaban J connectivity index is 0.000000206. The Morgan fingerprint density at radius 3 is 1.05 bits per heavy atom. The monoisotopic (exact) mass is 1960 g/mol. The second-order valence-corrected chi connectivity index (χ2v) is 48.9. The number of nitrogens with two attached hydrogens (primary N) is 1. The number of nitrogens with zero attached hydrogens (tertiary/aromatic N) is 3. The normalized spacial score (nSPS) is 11.4. The predicted octanol–water partition coefficient (Wildman–Crippen LogP) is 24.6. The van der Waals surface area contributed by atoms with Gasteiger partial charge in [0.05, 0.1) is 69.9 Å². The molecule has 0 bridgehead atoms. The minimum Gasteiger partial charge on any atom is -0.469 e. The molecule has 23 nitrogen and oxygen atoms in total. The molecule has 142 heavy (non-hydrogen) atoms. The predicted molar refractivity (Wildman–Crippen MR) is 587 cm³/mol. The van der Waals surface area contributed by atoms with Gasteiger partial charge in [-0.3, -0.25) is 38.9 Å². The quantitative estimate of drug-likeness (QED) is 0.00766. The minimum absolute atomic E-state index is 0.00645. The third-order valence-corrected chi connectivity index (χ3v) is 34.4. The number of amides is 6. The molecule has 13 aromatic carbocycles. The summed E-state index contributed by atoms with van der Waals surface area (Å²) in [5.41, 5.74) is 14.1. The van der Waals surface area contributed by atoms with Crippen molar-refractivity contribution in [2.24, 2.45) is 0 Å². The average Bonchev–Trinajstić information content (AvgIpc) is 0.796. The molecule has 0 aromatic heterocycles. The highest BCUT2D eigenvalue weighted by Gasteiger charge is 2.38. The Kier molecular flexibility index (Phi) is 44.2. The van der Waals surface area contributed by atoms with Crippen molar-refractivity contribution in [3.63, 3.8) is 0 Å². The van der Waals surface area contributed by atoms with E-state index in [4.69, 9.17) is 24.4 Å². The third kappa shape index (κ3) is 36.1. The molecular weight excluding hydrogens is 1810 g/mol. The standard InChI is InChI=1S/C31H42N2O4Si.2C29H34N2O5.C18H27NOSi.C10H9N/c1-30(2,3)37-29(35)32-25-18-16-23(17-19-25)22-28(34)33(20-21-36-38(7,8)31(4,5)6)27-15-11-13-24-12-9-10-14-26(24)27;1-36-29(35)14-5-3-2-4-13-27(33)30-24-17-15-22(16-18-24)21-28(34)31(19-20-32)26-12-8-10-23-9-6-7-11-25(23)26;32-19-18-31(27-12-7-9-23-8-5-6-11-26(23)27)29(36)20-22-14-16-24(17-15-22)30-28(35)13-4-2-1-3-10-25(34)21-33;1-18(2,3)21(4,5)20-14-13-19-17-12-8-10-15-9-6-7-11-16(15)17;11-10-7-3-5-8-4-1-2-6-9(8)10/h9-19H,20-22H2,1-8H3,(H,32,35);6-12,15-18,32H,2-5,13-14,19-21H2,1H3,(H,30,33);5-9,11-12,14-17,32-33H,1-4,10,13,18-21H2,(H,30,35);6-12,19H,13-14H2,1-5H3;1-7H,11H2. The van der Waals surface area contributed by atoms with Gasteiger partial charge in [0, 0.05) is 107 Å². The number of anilines is 8. The highest BCUT2D eigenvalue weighted by Crippen LogP contribution is 2.39. The van der Waals surface area contributed by atoms with Gasteiger partial charge < -0.3 is 70.0 Å². The van der Waals surface area contributed by atoms with Gasteiger partial charge in [-0.15, -0.1) is 0 Å². The number of rotatable bonds is 40. The molecule has 0 heterocycles. The van der Waals surface area contributed by atoms with Crippen molar-refractivity contribution in [1.82, 2.24) is 0 Å². The number of methoxy groups -OCH3 is 1. The van der Waals surface area contributed by atoms with Gasteiger partial charge >= 0.3 is 12.1 Å². The maximum atomic E-state index is 13.7. The van der Waals surface area contributed by atoms with Crippen molar-refractivity contribution in [3.8, 4) is 0 Å². The first kappa shape index (κ1) is 112. The van der Waals surface area contributed by atoms with Crippen LogP contribution in [0.2, 0.25) is 36.3 Å². The Labute approximate surface area is 840 Å². The van der Waals surface area contributed by atoms with Crippen molar-refractivity contribution in [3.05, 3.63) is 302 Å². The zero-order valence-electron chi connectivity index (χ0n) is 85.3. The molecule has 0 atom stereocenters. The highest BCUT2D eigenvalue weighted by molar-refractivity contribution is 6.74. The van der Waals surface area contributed by atoms with Crippen LogP contribution in [0.25, 0.3) is 53.9 Å². The number of hydrogen-bond acceptors (Lipinski definition) is 17. The summed E-state index contributed by atoms with van der Waals surface area (Å²) in [6.07, 6.45) is 8.17. The number of unbranched alkanes of at least 4 members (excludes halogenated alkanes) is 6. The van der Waals surface area contributed by atoms with Crippen molar-refractivity contribution in [2.75, 3.05) is 108 Å². The number of aliphatic hydroxyl groups excluding tert-OH is 3. The van der Waals surface area contributed by atoms with Gasteiger partial charge in [-0.05, 0) is 193 Å². The first-order valence-corrected chi connectivity index (χ1v) is 55.0. The number of nitrogens with one attached hydrogen (secondary N) is 4. The van der Waals surface area contributed by atoms with Gasteiger partial charge in [0.25, 0.3) is 0 Å². The molecule has 0 saturated heterocycles. The SMILES string of the molecule is CC(C)(C)OC(=O)Nc1ccc(CC(=O)N(CCO[Si](C)(C)C(C)(C)C)c2cccc3ccccc23)cc1.CC(C)(C)[Si](C)(C)OCCNc1cccc2ccccc12.COC(=O)CCCCCCC(=O)Nc1ccc(CC(=O)N(CCO)c2cccc3ccccc23)cc1.Nc1cccc2ccccc12.O=C(CO)CCCCCCC(=O)Nc1ccc(CC(=O)N(CCO)c2cccc3ccccc23)cc1. The third-order valence-electron chi connectivity index (χ3n) is 25.3. The number of fused-ring (bicyclic) bond motifs is 5. The van der Waals surface area contributed by atoms with Crippen LogP contribution in [-0.2, 0) is 71.1 Å². The molecule has 9 N–H and O–H groups in total. The largest absolute Gasteiger partial charge is 0.469 e. The Bertz CT molecular complexity index is 6040. The van der Waals surface area contributed by atoms with E-state index in [1.807, 2.05) is 202 Å². The summed E-state index contributed by atoms with van der Waals surface area (Å²) in [5.74, 6) is -0.706. The summed E-state index contributed by atoms with van der Waals surface area (Å²) >= 11 is 0. The number of Topliss-reactive ketones (excluding diaryl/α,β-unsaturated/α-hetero) is 1. The van der Waals surface area contributed by atoms with Gasteiger partial charge in [-0.25, -0.2) is 4.79 Å². The Hall–Kier alpha value is -13.2. The van der Waals surface area contributed by atoms with Crippen LogP contribution in [0, 0.1) is 0 Å². The van der Waals surface area contributed by atoms with Gasteiger partial charge in [0.1, 0.15) is 12.2 Å². The van der Waals surface area contributed by atoms with Gasteiger partial charge in [0.2, 0.25) is 29.5 Å². The Morgan fingerprint density at radius 1 is 0.352 bits per heavy atom. The molecule has 0 spiro atoms. The van der Waals surface area contributed by atoms with Gasteiger partial charge in [-0.1, -0.05) is 286 Å². The van der Waals surface area contributed by atoms with E-state index < -0.39 is 34.9 Å². The molecule has 752 valence electrons. The van der Waals surface area contributed by atoms with Crippen molar-refractivity contribution < 1.29 is 72.0 Å². The summed E-state index contributed by atoms with van der Waals surface area (Å²) in [7, 11) is -2.21. The number of nitrogen functional groups attached to an aromatic ring is 1. The lowest BCUT2D eigenvalue weighted by atomic mass is 10.1. The topological polar surface area (TPSA) is 318 Å². The van der Waals surface area contributed by atoms with E-state index in [0.717, 1.165) is 142 Å². The molecule has 0 unspecified atom stereocenters. The average molecular weight is 1960 g/mol. The molecule has 0 saturated carbocycles. The molecule has 0 fully saturated rings. The second-order valence-electron chi connectivity index (χ2n) is 39.3. The molecule has 13 aromatic rings. The lowest BCUT2D eigenvalue weighted by Gasteiger charge is -2.37. The van der Waals surface area contributed by atoms with Crippen molar-refractivity contribution in [1.29, 1.82) is 0 Å². The number of carbonyl (C=O) groups excluding carboxylic acids is 8. The number of ketones is 1. The lowest BCUT2D eigenvalue weighted by molar-refractivity contribution is -0.140. The fourth-order valence-electron chi connectivity index (χ4n) is 15.5. The molecule has 25 heteroatoms. The van der Waals surface area contributed by atoms with Gasteiger partial charge in [0.15, 0.2) is 22.4 Å². The van der Waals surface area contributed by atoms with Crippen LogP contribution in [-0.4, -0.2) is 151 Å². The molecular formula is C117H146N8O15Si2. The van der Waals surface area contributed by atoms with Crippen LogP contribution in [0.15, 0.2) is 285 Å². The molecule has 0 aliphatic heterocycles. The van der Waals surface area contributed by atoms with E-state index >= 15 is 0 Å². The van der Waals surface area contributed by atoms with Crippen molar-refractivity contribution >= 4 is 163 Å². The molecule has 13 rings (SSSR count). The fraction of sp³-hybridized carbons (Fsp3) is 0.350. The zero-order valence-corrected chi connectivity index (χ0v) is 87.3. The first-order valence-electron chi connectivity index (χ1n) is 49.2. The minimum atomic E-state index is -1.95. The molecule has 6 amide bonds. The van der Waals surface area contributed by atoms with Crippen LogP contribution in [0.4, 0.5) is 50.3 Å². The second kappa shape index (κ2) is 55.8. The summed E-state index contributed by atoms with van der Waals surface area (Å²) in [6, 6.07) is 92.2. The lowest BCUT2D eigenvalue weighted by Crippen LogP contribution is -2.44. The van der Waals surface area contributed by atoms with E-state index in [0.29, 0.717) is 55.9 Å². The van der Waals surface area contributed by atoms with Crippen LogP contribution < -0.4 is 41.7 Å². The van der Waals surface area contributed by atoms with E-state index in [2.05, 4.69) is 167 Å². The smallest absolute Gasteiger partial charge is 0.412 e. The maximum Gasteiger partial charge on any atom is 0.412 e. The summed E-state index contributed by atoms with van der Waals surface area (Å²) in [6.45, 7) is 30.3. The summed E-state index contributed by atoms with van der Waals surface area (Å²) < 4.78 is 22.6. The van der Waals surface area contributed by atoms with Crippen LogP contribution >= 0.6 is 0 Å². The van der Waals surface area contributed by atoms with E-state index in [9.17, 15) is 48.6 Å². The highest BCUT2D eigenvalue weighted by atomic mass is 28.4. The summed E-state index contributed by atoms with van der Waals surface area (Å²) in [4.78, 5) is 104. The molecule has 0 aliphatic carbocycles. The number of benzene rings is 13. The molecule has 0 aliphatic rings. The Morgan fingerprint density at radius 2 is 0.676 bits per heavy atom. The summed E-state index contributed by atoms with van der Waals surface area (Å²) in [5, 5.41) is 51.2. The first-order chi connectivity index (χ1) is 67.9. The molecule has 0 radical (unpaired) electrons. The van der Waals surface area contributed by atoms with Crippen molar-refractivity contribution in [2.45, 2.75) is 200 Å². The number of carbonyl (C=O) groups is 8. The van der Waals surface area contributed by atoms with Crippen LogP contribution in [0.3, 0.4) is 0 Å². The number of ether oxygens (including phenoxy) is 2. The van der Waals surface area contributed by atoms with E-state index in [-0.39, 0.29) is 96.9 Å². The van der Waals surface area contributed by atoms with Crippen LogP contribution in [0.5, 0.6) is 0 Å². The maximum absolute atomic E-state index is 13.7. The fourth-order valence-corrected chi connectivity index (χ4v) is 17.5. The number of esters is 1. The van der Waals surface area contributed by atoms with Gasteiger partial charge in [-0.2, -0.15) is 0 Å². The van der Waals surface area contributed by atoms with Crippen LogP contribution in [0.1, 0.15) is 156 Å². The van der Waals surface area contributed by atoms with E-state index in [1.165, 1.54) is 29.0 Å².